The van der Waals surface area contributed by atoms with Crippen molar-refractivity contribution in [2.75, 3.05) is 36.2 Å². The Kier molecular flexibility index (Phi) is 12.2. The van der Waals surface area contributed by atoms with E-state index in [4.69, 9.17) is 4.74 Å². The molecular weight excluding hydrogens is 572 g/mol. The van der Waals surface area contributed by atoms with Crippen molar-refractivity contribution in [2.45, 2.75) is 96.0 Å². The van der Waals surface area contributed by atoms with Gasteiger partial charge in [0.25, 0.3) is 0 Å². The molecule has 2 aliphatic heterocycles. The van der Waals surface area contributed by atoms with Crippen molar-refractivity contribution in [1.82, 2.24) is 20.4 Å². The van der Waals surface area contributed by atoms with Gasteiger partial charge < -0.3 is 20.5 Å². The summed E-state index contributed by atoms with van der Waals surface area (Å²) < 4.78 is 5.53. The number of phenolic OH excluding ortho intramolecular Hbond substituents is 1. The van der Waals surface area contributed by atoms with Gasteiger partial charge in [-0.2, -0.15) is 11.8 Å². The average Bonchev–Trinajstić information content (AvgIpc) is 3.45. The number of carbonyl (C=O) groups excluding carboxylic acids is 3. The highest BCUT2D eigenvalue weighted by Gasteiger charge is 2.39. The molecule has 1 aromatic rings. The highest BCUT2D eigenvalue weighted by atomic mass is 32.2. The zero-order chi connectivity index (χ0) is 30.1. The molecule has 2 atom stereocenters. The summed E-state index contributed by atoms with van der Waals surface area (Å²) in [4.78, 5) is 43.6. The lowest BCUT2D eigenvalue weighted by Gasteiger charge is -2.33. The molecule has 3 N–H and O–H groups in total. The number of nitrogens with zero attached hydrogens (tertiary/aromatic N) is 2. The van der Waals surface area contributed by atoms with Crippen LogP contribution in [0.25, 0.3) is 0 Å². The summed E-state index contributed by atoms with van der Waals surface area (Å²) in [6, 6.07) is 6.03. The van der Waals surface area contributed by atoms with Crippen molar-refractivity contribution in [2.24, 2.45) is 5.92 Å². The van der Waals surface area contributed by atoms with Gasteiger partial charge in [-0.3, -0.25) is 19.4 Å². The molecule has 0 radical (unpaired) electrons. The Labute approximate surface area is 259 Å². The topological polar surface area (TPSA) is 111 Å². The third-order valence-electron chi connectivity index (χ3n) is 8.09. The molecular formula is C31H48N4O5S2. The lowest BCUT2D eigenvalue weighted by atomic mass is 9.91. The fourth-order valence-corrected chi connectivity index (χ4v) is 8.13. The zero-order valence-corrected chi connectivity index (χ0v) is 26.9. The minimum atomic E-state index is -0.661. The summed E-state index contributed by atoms with van der Waals surface area (Å²) in [6.07, 6.45) is 7.51. The number of piperidine rings is 1. The minimum Gasteiger partial charge on any atom is -0.508 e. The van der Waals surface area contributed by atoms with E-state index in [1.54, 1.807) is 23.9 Å². The summed E-state index contributed by atoms with van der Waals surface area (Å²) in [5.41, 5.74) is 0.502. The summed E-state index contributed by atoms with van der Waals surface area (Å²) in [6.45, 7) is 7.97. The van der Waals surface area contributed by atoms with Crippen molar-refractivity contribution in [3.63, 3.8) is 0 Å². The van der Waals surface area contributed by atoms with E-state index in [0.717, 1.165) is 43.8 Å². The van der Waals surface area contributed by atoms with Crippen molar-refractivity contribution in [1.29, 1.82) is 0 Å². The van der Waals surface area contributed by atoms with Crippen LogP contribution in [0.3, 0.4) is 0 Å². The molecule has 11 heteroatoms. The first-order chi connectivity index (χ1) is 20.1. The van der Waals surface area contributed by atoms with Crippen molar-refractivity contribution < 1.29 is 24.2 Å². The highest BCUT2D eigenvalue weighted by Crippen LogP contribution is 2.28. The van der Waals surface area contributed by atoms with Crippen LogP contribution in [0.1, 0.15) is 71.3 Å². The molecule has 4 rings (SSSR count). The maximum Gasteiger partial charge on any atom is 0.411 e. The molecule has 1 saturated carbocycles. The highest BCUT2D eigenvalue weighted by molar-refractivity contribution is 7.99. The van der Waals surface area contributed by atoms with E-state index in [9.17, 15) is 19.5 Å². The van der Waals surface area contributed by atoms with Gasteiger partial charge in [-0.05, 0) is 75.8 Å². The standard InChI is InChI=1S/C31H48N4O5S2/c1-31(2,3)40-30(39)35-21-42-20-27(35)29(38)33-26(19-41-18-23-7-5-4-6-8-23)28(37)32-24-13-15-34(16-14-24)17-22-9-11-25(36)12-10-22/h9-12,23-24,26-27,36H,4-8,13-21H2,1-3H3,(H,32,37)(H,33,38)/t26-,27-/m0/s1. The van der Waals surface area contributed by atoms with E-state index in [2.05, 4.69) is 15.5 Å². The second kappa shape index (κ2) is 15.6. The fourth-order valence-electron chi connectivity index (χ4n) is 5.71. The first kappa shape index (κ1) is 32.8. The monoisotopic (exact) mass is 620 g/mol. The number of rotatable bonds is 10. The Morgan fingerprint density at radius 3 is 2.43 bits per heavy atom. The molecule has 1 aromatic carbocycles. The van der Waals surface area contributed by atoms with Crippen LogP contribution in [0.15, 0.2) is 24.3 Å². The number of hydrogen-bond acceptors (Lipinski definition) is 8. The number of nitrogens with one attached hydrogen (secondary N) is 2. The van der Waals surface area contributed by atoms with Gasteiger partial charge in [0.05, 0.1) is 5.88 Å². The average molecular weight is 621 g/mol. The van der Waals surface area contributed by atoms with E-state index in [0.29, 0.717) is 23.3 Å². The van der Waals surface area contributed by atoms with Crippen LogP contribution in [0.4, 0.5) is 4.79 Å². The van der Waals surface area contributed by atoms with Crippen LogP contribution < -0.4 is 10.6 Å². The third kappa shape index (κ3) is 10.3. The summed E-state index contributed by atoms with van der Waals surface area (Å²) in [5, 5.41) is 15.8. The molecule has 2 saturated heterocycles. The predicted octanol–water partition coefficient (Wildman–Crippen LogP) is 4.58. The number of carbonyl (C=O) groups is 3. The molecule has 3 aliphatic rings. The van der Waals surface area contributed by atoms with Gasteiger partial charge in [0.2, 0.25) is 11.8 Å². The number of hydrogen-bond donors (Lipinski definition) is 3. The van der Waals surface area contributed by atoms with Gasteiger partial charge in [0, 0.05) is 37.2 Å². The molecule has 9 nitrogen and oxygen atoms in total. The molecule has 1 aliphatic carbocycles. The lowest BCUT2D eigenvalue weighted by molar-refractivity contribution is -0.131. The fraction of sp³-hybridized carbons (Fsp3) is 0.710. The largest absolute Gasteiger partial charge is 0.508 e. The van der Waals surface area contributed by atoms with E-state index >= 15 is 0 Å². The van der Waals surface area contributed by atoms with Gasteiger partial charge in [0.15, 0.2) is 0 Å². The zero-order valence-electron chi connectivity index (χ0n) is 25.3. The second-order valence-corrected chi connectivity index (χ2v) is 14.9. The molecule has 42 heavy (non-hydrogen) atoms. The van der Waals surface area contributed by atoms with Crippen molar-refractivity contribution >= 4 is 41.4 Å². The second-order valence-electron chi connectivity index (χ2n) is 12.8. The summed E-state index contributed by atoms with van der Waals surface area (Å²) >= 11 is 3.26. The van der Waals surface area contributed by atoms with Crippen LogP contribution >= 0.6 is 23.5 Å². The molecule has 0 aromatic heterocycles. The number of benzene rings is 1. The number of ether oxygens (including phenoxy) is 1. The first-order valence-corrected chi connectivity index (χ1v) is 17.6. The molecule has 0 spiro atoms. The molecule has 2 heterocycles. The van der Waals surface area contributed by atoms with Crippen LogP contribution in [-0.2, 0) is 20.9 Å². The number of phenols is 1. The maximum atomic E-state index is 13.6. The number of thioether (sulfide) groups is 2. The van der Waals surface area contributed by atoms with Gasteiger partial charge >= 0.3 is 6.09 Å². The van der Waals surface area contributed by atoms with Crippen molar-refractivity contribution in [3.8, 4) is 5.75 Å². The molecule has 234 valence electrons. The summed E-state index contributed by atoms with van der Waals surface area (Å²) in [5.74, 6) is 2.88. The van der Waals surface area contributed by atoms with Gasteiger partial charge in [-0.25, -0.2) is 4.79 Å². The SMILES string of the molecule is CC(C)(C)OC(=O)N1CSC[C@H]1C(=O)N[C@@H](CSCC1CCCCC1)C(=O)NC1CCN(Cc2ccc(O)cc2)CC1. The van der Waals surface area contributed by atoms with Crippen LogP contribution in [-0.4, -0.2) is 92.8 Å². The predicted molar refractivity (Wildman–Crippen MR) is 170 cm³/mol. The van der Waals surface area contributed by atoms with Crippen LogP contribution in [0.2, 0.25) is 0 Å². The number of amides is 3. The quantitative estimate of drug-likeness (QED) is 0.349. The Morgan fingerprint density at radius 2 is 1.76 bits per heavy atom. The summed E-state index contributed by atoms with van der Waals surface area (Å²) in [7, 11) is 0. The smallest absolute Gasteiger partial charge is 0.411 e. The van der Waals surface area contributed by atoms with Crippen LogP contribution in [0.5, 0.6) is 5.75 Å². The first-order valence-electron chi connectivity index (χ1n) is 15.3. The molecule has 3 fully saturated rings. The van der Waals surface area contributed by atoms with Gasteiger partial charge in [-0.1, -0.05) is 31.4 Å². The lowest BCUT2D eigenvalue weighted by Crippen LogP contribution is -2.57. The van der Waals surface area contributed by atoms with Crippen molar-refractivity contribution in [3.05, 3.63) is 29.8 Å². The molecule has 3 amide bonds. The van der Waals surface area contributed by atoms with E-state index in [1.165, 1.54) is 48.8 Å². The van der Waals surface area contributed by atoms with Gasteiger partial charge in [-0.15, -0.1) is 11.8 Å². The van der Waals surface area contributed by atoms with Crippen LogP contribution in [0, 0.1) is 5.92 Å². The Morgan fingerprint density at radius 1 is 1.07 bits per heavy atom. The third-order valence-corrected chi connectivity index (χ3v) is 10.4. The Bertz CT molecular complexity index is 1040. The van der Waals surface area contributed by atoms with Gasteiger partial charge in [0.1, 0.15) is 23.4 Å². The number of likely N-dealkylation sites (tertiary alicyclic amines) is 1. The Balaban J connectivity index is 1.32. The number of aromatic hydroxyl groups is 1. The molecule has 0 unspecified atom stereocenters. The molecule has 0 bridgehead atoms. The minimum absolute atomic E-state index is 0.0524. The van der Waals surface area contributed by atoms with E-state index < -0.39 is 23.8 Å². The maximum absolute atomic E-state index is 13.6. The Hall–Kier alpha value is -2.11. The van der Waals surface area contributed by atoms with E-state index in [1.807, 2.05) is 32.9 Å². The van der Waals surface area contributed by atoms with E-state index in [-0.39, 0.29) is 23.6 Å². The normalized spacial score (nSPS) is 21.6.